The minimum atomic E-state index is -3.77. The van der Waals surface area contributed by atoms with Gasteiger partial charge in [0.15, 0.2) is 22.9 Å². The largest absolute Gasteiger partial charge is 0.480 e. The first-order valence-electron chi connectivity index (χ1n) is 10.1. The maximum Gasteiger partial charge on any atom is 0.324 e. The number of aromatic nitrogens is 1. The maximum atomic E-state index is 11.9. The van der Waals surface area contributed by atoms with E-state index in [1.54, 1.807) is 6.07 Å². The van der Waals surface area contributed by atoms with Crippen LogP contribution in [0.25, 0.3) is 0 Å². The van der Waals surface area contributed by atoms with E-state index < -0.39 is 28.9 Å². The molecule has 2 rings (SSSR count). The Morgan fingerprint density at radius 2 is 1.93 bits per heavy atom. The van der Waals surface area contributed by atoms with E-state index in [1.165, 1.54) is 6.92 Å². The lowest BCUT2D eigenvalue weighted by atomic mass is 9.83. The lowest BCUT2D eigenvalue weighted by Gasteiger charge is -2.43. The number of sulfone groups is 1. The fourth-order valence-corrected chi connectivity index (χ4v) is 5.02. The van der Waals surface area contributed by atoms with Gasteiger partial charge in [0.1, 0.15) is 0 Å². The zero-order valence-electron chi connectivity index (χ0n) is 18.9. The molecule has 7 nitrogen and oxygen atoms in total. The van der Waals surface area contributed by atoms with Crippen LogP contribution in [-0.2, 0) is 25.5 Å². The van der Waals surface area contributed by atoms with Crippen LogP contribution in [0.3, 0.4) is 0 Å². The average molecular weight is 456 g/mol. The number of hydrogen-bond acceptors (Lipinski definition) is 6. The van der Waals surface area contributed by atoms with Gasteiger partial charge in [-0.3, -0.25) is 4.79 Å². The Balaban J connectivity index is 1.90. The summed E-state index contributed by atoms with van der Waals surface area (Å²) in [6, 6.07) is 1.64. The molecule has 0 amide bonds. The monoisotopic (exact) mass is 455 g/mol. The van der Waals surface area contributed by atoms with Crippen molar-refractivity contribution in [1.29, 1.82) is 0 Å². The highest BCUT2D eigenvalue weighted by Gasteiger charge is 2.44. The summed E-state index contributed by atoms with van der Waals surface area (Å²) in [7, 11) is -5.53. The molecule has 30 heavy (non-hydrogen) atoms. The van der Waals surface area contributed by atoms with Gasteiger partial charge in [0, 0.05) is 24.3 Å². The molecule has 1 aliphatic carbocycles. The molecule has 1 heterocycles. The van der Waals surface area contributed by atoms with Crippen molar-refractivity contribution < 1.29 is 27.3 Å². The lowest BCUT2D eigenvalue weighted by Crippen LogP contribution is -2.47. The Morgan fingerprint density at radius 3 is 2.43 bits per heavy atom. The third kappa shape index (κ3) is 5.53. The molecule has 1 aromatic rings. The number of rotatable bonds is 7. The molecule has 1 aromatic heterocycles. The molecule has 1 N–H and O–H groups in total. The number of aryl methyl sites for hydroxylation is 1. The Labute approximate surface area is 180 Å². The number of hydrogen-bond donors (Lipinski definition) is 1. The van der Waals surface area contributed by atoms with Crippen molar-refractivity contribution in [3.8, 4) is 11.8 Å². The molecule has 1 fully saturated rings. The van der Waals surface area contributed by atoms with Gasteiger partial charge in [0.25, 0.3) is 0 Å². The number of carbonyl (C=O) groups is 1. The molecule has 9 heteroatoms. The van der Waals surface area contributed by atoms with E-state index in [4.69, 9.17) is 8.95 Å². The standard InChI is InChI=1S/C21H33NO6SSi/c1-20(2,3)30(6,7)28-18-12-15(13-18)8-9-17-14-16(22-27-17)10-11-21(4,19(23)24)29(5,25)26/h14-15,18H,10-13H2,1-7H3,(H,23,24). The molecule has 0 bridgehead atoms. The quantitative estimate of drug-likeness (QED) is 0.494. The zero-order chi connectivity index (χ0) is 23.0. The first kappa shape index (κ1) is 24.6. The Kier molecular flexibility index (Phi) is 6.96. The average Bonchev–Trinajstić information content (AvgIpc) is 3.00. The van der Waals surface area contributed by atoms with E-state index in [0.29, 0.717) is 11.5 Å². The molecule has 1 unspecified atom stereocenters. The van der Waals surface area contributed by atoms with Gasteiger partial charge in [-0.25, -0.2) is 8.42 Å². The van der Waals surface area contributed by atoms with Gasteiger partial charge in [-0.1, -0.05) is 31.8 Å². The summed E-state index contributed by atoms with van der Waals surface area (Å²) in [6.45, 7) is 12.4. The van der Waals surface area contributed by atoms with Gasteiger partial charge in [-0.05, 0) is 56.7 Å². The smallest absolute Gasteiger partial charge is 0.324 e. The number of nitrogens with zero attached hydrogens (tertiary/aromatic N) is 1. The predicted molar refractivity (Wildman–Crippen MR) is 117 cm³/mol. The van der Waals surface area contributed by atoms with Crippen molar-refractivity contribution in [2.45, 2.75) is 82.4 Å². The molecule has 0 saturated heterocycles. The Morgan fingerprint density at radius 1 is 1.33 bits per heavy atom. The minimum absolute atomic E-state index is 0.0876. The molecule has 0 aliphatic heterocycles. The maximum absolute atomic E-state index is 11.9. The summed E-state index contributed by atoms with van der Waals surface area (Å²) in [5.41, 5.74) is 0.489. The second-order valence-electron chi connectivity index (χ2n) is 9.93. The van der Waals surface area contributed by atoms with Crippen LogP contribution in [0.1, 0.15) is 58.4 Å². The second-order valence-corrected chi connectivity index (χ2v) is 17.1. The van der Waals surface area contributed by atoms with Crippen molar-refractivity contribution >= 4 is 24.1 Å². The Bertz CT molecular complexity index is 944. The van der Waals surface area contributed by atoms with Crippen LogP contribution in [0.15, 0.2) is 10.6 Å². The predicted octanol–water partition coefficient (Wildman–Crippen LogP) is 3.65. The van der Waals surface area contributed by atoms with E-state index in [1.807, 2.05) is 0 Å². The first-order chi connectivity index (χ1) is 13.5. The zero-order valence-corrected chi connectivity index (χ0v) is 20.7. The Hall–Kier alpha value is -1.63. The van der Waals surface area contributed by atoms with Crippen LogP contribution < -0.4 is 0 Å². The van der Waals surface area contributed by atoms with Crippen molar-refractivity contribution in [2.75, 3.05) is 6.26 Å². The molecular weight excluding hydrogens is 422 g/mol. The summed E-state index contributed by atoms with van der Waals surface area (Å²) in [6.07, 6.45) is 3.10. The normalized spacial score (nSPS) is 21.8. The van der Waals surface area contributed by atoms with Crippen LogP contribution in [0.5, 0.6) is 0 Å². The fraction of sp³-hybridized carbons (Fsp3) is 0.714. The summed E-state index contributed by atoms with van der Waals surface area (Å²) >= 11 is 0. The molecular formula is C21H33NO6SSi. The van der Waals surface area contributed by atoms with Crippen LogP contribution >= 0.6 is 0 Å². The molecule has 0 spiro atoms. The summed E-state index contributed by atoms with van der Waals surface area (Å²) in [4.78, 5) is 11.4. The van der Waals surface area contributed by atoms with Gasteiger partial charge in [-0.15, -0.1) is 0 Å². The van der Waals surface area contributed by atoms with Crippen LogP contribution in [0, 0.1) is 17.8 Å². The lowest BCUT2D eigenvalue weighted by molar-refractivity contribution is -0.139. The summed E-state index contributed by atoms with van der Waals surface area (Å²) < 4.78 is 33.4. The van der Waals surface area contributed by atoms with E-state index in [-0.39, 0.29) is 29.9 Å². The highest BCUT2D eigenvalue weighted by molar-refractivity contribution is 7.92. The molecule has 168 valence electrons. The van der Waals surface area contributed by atoms with E-state index in [2.05, 4.69) is 50.9 Å². The minimum Gasteiger partial charge on any atom is -0.480 e. The first-order valence-corrected chi connectivity index (χ1v) is 14.9. The van der Waals surface area contributed by atoms with Gasteiger partial charge in [0.05, 0.1) is 5.69 Å². The molecule has 0 radical (unpaired) electrons. The van der Waals surface area contributed by atoms with Gasteiger partial charge in [-0.2, -0.15) is 0 Å². The molecule has 0 aromatic carbocycles. The van der Waals surface area contributed by atoms with Crippen LogP contribution in [-0.4, -0.2) is 50.1 Å². The number of aliphatic carboxylic acids is 1. The topological polar surface area (TPSA) is 107 Å². The van der Waals surface area contributed by atoms with Crippen molar-refractivity contribution in [1.82, 2.24) is 5.16 Å². The SMILES string of the molecule is CC(C)(C)[Si](C)(C)OC1CC(C#Cc2cc(CCC(C)(C(=O)O)S(C)(=O)=O)no2)C1. The third-order valence-electron chi connectivity index (χ3n) is 6.45. The highest BCUT2D eigenvalue weighted by Crippen LogP contribution is 2.41. The van der Waals surface area contributed by atoms with Crippen LogP contribution in [0.2, 0.25) is 18.1 Å². The molecule has 1 saturated carbocycles. The van der Waals surface area contributed by atoms with Crippen molar-refractivity contribution in [3.63, 3.8) is 0 Å². The number of carboxylic acids is 1. The highest BCUT2D eigenvalue weighted by atomic mass is 32.2. The number of carboxylic acid groups (broad SMARTS) is 1. The molecule has 1 atom stereocenters. The second kappa shape index (κ2) is 8.48. The van der Waals surface area contributed by atoms with Gasteiger partial charge in [0.2, 0.25) is 5.76 Å². The fourth-order valence-electron chi connectivity index (χ4n) is 2.85. The van der Waals surface area contributed by atoms with Crippen molar-refractivity contribution in [2.24, 2.45) is 5.92 Å². The van der Waals surface area contributed by atoms with E-state index in [0.717, 1.165) is 19.1 Å². The summed E-state index contributed by atoms with van der Waals surface area (Å²) in [5.74, 6) is 5.44. The van der Waals surface area contributed by atoms with E-state index >= 15 is 0 Å². The summed E-state index contributed by atoms with van der Waals surface area (Å²) in [5, 5.41) is 13.4. The van der Waals surface area contributed by atoms with Crippen molar-refractivity contribution in [3.05, 3.63) is 17.5 Å². The molecule has 1 aliphatic rings. The van der Waals surface area contributed by atoms with Gasteiger partial charge >= 0.3 is 5.97 Å². The van der Waals surface area contributed by atoms with Gasteiger partial charge < -0.3 is 14.1 Å². The van der Waals surface area contributed by atoms with E-state index in [9.17, 15) is 18.3 Å². The van der Waals surface area contributed by atoms with Crippen LogP contribution in [0.4, 0.5) is 0 Å². The third-order valence-corrected chi connectivity index (χ3v) is 13.0.